The van der Waals surface area contributed by atoms with Crippen LogP contribution in [0.4, 0.5) is 17.6 Å². The van der Waals surface area contributed by atoms with Crippen molar-refractivity contribution in [3.05, 3.63) is 29.6 Å². The minimum absolute atomic E-state index is 0.0150. The van der Waals surface area contributed by atoms with Crippen LogP contribution in [0, 0.1) is 11.8 Å². The number of fused-ring (bicyclic) bond motifs is 1. The highest BCUT2D eigenvalue weighted by Crippen LogP contribution is 2.39. The number of carbonyl (C=O) groups excluding carboxylic acids is 1. The standard InChI is InChI=1S/C21H25F4N3O/c22-20(23)7-5-13(6-8-20)10-18-27-16-4-3-15(9-17(16)28-18)12-26-19(29)21(24,25)11-14-1-2-14/h3-4,9,13-14H,1-2,5-8,10-12H2,(H,26,29)(H,27,28). The van der Waals surface area contributed by atoms with E-state index in [9.17, 15) is 22.4 Å². The van der Waals surface area contributed by atoms with Crippen molar-refractivity contribution < 1.29 is 22.4 Å². The second-order valence-electron chi connectivity index (χ2n) is 8.57. The molecule has 0 bridgehead atoms. The Morgan fingerprint density at radius 3 is 2.59 bits per heavy atom. The number of hydrogen-bond donors (Lipinski definition) is 2. The summed E-state index contributed by atoms with van der Waals surface area (Å²) in [4.78, 5) is 19.5. The largest absolute Gasteiger partial charge is 0.347 e. The molecule has 2 fully saturated rings. The van der Waals surface area contributed by atoms with E-state index < -0.39 is 17.8 Å². The van der Waals surface area contributed by atoms with Gasteiger partial charge in [0.15, 0.2) is 0 Å². The van der Waals surface area contributed by atoms with Gasteiger partial charge in [0.05, 0.1) is 11.0 Å². The quantitative estimate of drug-likeness (QED) is 0.631. The van der Waals surface area contributed by atoms with Crippen molar-refractivity contribution in [1.29, 1.82) is 0 Å². The fourth-order valence-electron chi connectivity index (χ4n) is 3.98. The highest BCUT2D eigenvalue weighted by atomic mass is 19.3. The van der Waals surface area contributed by atoms with Gasteiger partial charge in [-0.15, -0.1) is 0 Å². The van der Waals surface area contributed by atoms with Crippen LogP contribution in [0.3, 0.4) is 0 Å². The van der Waals surface area contributed by atoms with E-state index in [1.807, 2.05) is 0 Å². The van der Waals surface area contributed by atoms with Gasteiger partial charge < -0.3 is 10.3 Å². The number of nitrogens with zero attached hydrogens (tertiary/aromatic N) is 1. The van der Waals surface area contributed by atoms with Gasteiger partial charge in [-0.2, -0.15) is 8.78 Å². The van der Waals surface area contributed by atoms with E-state index in [1.54, 1.807) is 18.2 Å². The Bertz CT molecular complexity index is 881. The molecule has 1 aromatic heterocycles. The van der Waals surface area contributed by atoms with Crippen LogP contribution in [0.1, 0.15) is 56.3 Å². The molecule has 158 valence electrons. The van der Waals surface area contributed by atoms with Gasteiger partial charge in [-0.3, -0.25) is 4.79 Å². The van der Waals surface area contributed by atoms with E-state index >= 15 is 0 Å². The predicted octanol–water partition coefficient (Wildman–Crippen LogP) is 4.98. The van der Waals surface area contributed by atoms with Gasteiger partial charge in [0.25, 0.3) is 5.91 Å². The lowest BCUT2D eigenvalue weighted by Crippen LogP contribution is -2.40. The number of amides is 1. The molecule has 0 spiro atoms. The maximum absolute atomic E-state index is 13.9. The van der Waals surface area contributed by atoms with Gasteiger partial charge in [0.2, 0.25) is 5.92 Å². The number of rotatable bonds is 7. The fourth-order valence-corrected chi connectivity index (χ4v) is 3.98. The minimum atomic E-state index is -3.33. The van der Waals surface area contributed by atoms with Crippen molar-refractivity contribution in [3.63, 3.8) is 0 Å². The molecule has 0 aliphatic heterocycles. The van der Waals surface area contributed by atoms with Crippen molar-refractivity contribution in [3.8, 4) is 0 Å². The molecule has 0 radical (unpaired) electrons. The maximum Gasteiger partial charge on any atom is 0.324 e. The number of alkyl halides is 4. The summed E-state index contributed by atoms with van der Waals surface area (Å²) in [7, 11) is 0. The summed E-state index contributed by atoms with van der Waals surface area (Å²) in [6, 6.07) is 5.29. The first-order chi connectivity index (χ1) is 13.7. The molecule has 1 aromatic carbocycles. The molecule has 2 aromatic rings. The van der Waals surface area contributed by atoms with E-state index in [1.165, 1.54) is 0 Å². The Morgan fingerprint density at radius 1 is 1.17 bits per heavy atom. The Morgan fingerprint density at radius 2 is 1.90 bits per heavy atom. The third kappa shape index (κ3) is 5.08. The second kappa shape index (κ2) is 7.61. The van der Waals surface area contributed by atoms with Gasteiger partial charge in [-0.25, -0.2) is 13.8 Å². The summed E-state index contributed by atoms with van der Waals surface area (Å²) in [5.74, 6) is -6.22. The zero-order valence-corrected chi connectivity index (χ0v) is 16.1. The number of hydrogen-bond acceptors (Lipinski definition) is 2. The smallest absolute Gasteiger partial charge is 0.324 e. The monoisotopic (exact) mass is 411 g/mol. The number of nitrogens with one attached hydrogen (secondary N) is 2. The molecule has 0 saturated heterocycles. The first-order valence-corrected chi connectivity index (χ1v) is 10.2. The van der Waals surface area contributed by atoms with Gasteiger partial charge >= 0.3 is 5.92 Å². The molecule has 0 unspecified atom stereocenters. The SMILES string of the molecule is O=C(NCc1ccc2nc(CC3CCC(F)(F)CC3)[nH]c2c1)C(F)(F)CC1CC1. The normalized spacial score (nSPS) is 20.1. The minimum Gasteiger partial charge on any atom is -0.347 e. The molecule has 1 heterocycles. The number of aromatic nitrogens is 2. The average Bonchev–Trinajstić information content (AvgIpc) is 3.37. The van der Waals surface area contributed by atoms with Crippen molar-refractivity contribution in [2.24, 2.45) is 11.8 Å². The fraction of sp³-hybridized carbons (Fsp3) is 0.619. The summed E-state index contributed by atoms with van der Waals surface area (Å²) in [6.07, 6.45) is 2.59. The van der Waals surface area contributed by atoms with Crippen molar-refractivity contribution >= 4 is 16.9 Å². The molecule has 1 amide bonds. The zero-order chi connectivity index (χ0) is 20.6. The first-order valence-electron chi connectivity index (χ1n) is 10.2. The Labute approximate surface area is 166 Å². The van der Waals surface area contributed by atoms with Crippen molar-refractivity contribution in [1.82, 2.24) is 15.3 Å². The van der Waals surface area contributed by atoms with Crippen LogP contribution >= 0.6 is 0 Å². The van der Waals surface area contributed by atoms with E-state index in [2.05, 4.69) is 15.3 Å². The highest BCUT2D eigenvalue weighted by molar-refractivity contribution is 5.83. The Balaban J connectivity index is 1.35. The van der Waals surface area contributed by atoms with E-state index in [4.69, 9.17) is 0 Å². The summed E-state index contributed by atoms with van der Waals surface area (Å²) in [5.41, 5.74) is 2.17. The lowest BCUT2D eigenvalue weighted by molar-refractivity contribution is -0.147. The molecule has 29 heavy (non-hydrogen) atoms. The topological polar surface area (TPSA) is 57.8 Å². The summed E-state index contributed by atoms with van der Waals surface area (Å²) >= 11 is 0. The number of benzene rings is 1. The lowest BCUT2D eigenvalue weighted by Gasteiger charge is -2.27. The Kier molecular flexibility index (Phi) is 5.29. The van der Waals surface area contributed by atoms with Gasteiger partial charge in [-0.05, 0) is 55.2 Å². The molecular formula is C21H25F4N3O. The number of halogens is 4. The van der Waals surface area contributed by atoms with Crippen molar-refractivity contribution in [2.75, 3.05) is 0 Å². The van der Waals surface area contributed by atoms with Crippen LogP contribution in [-0.2, 0) is 17.8 Å². The van der Waals surface area contributed by atoms with Crippen LogP contribution in [0.25, 0.3) is 11.0 Å². The van der Waals surface area contributed by atoms with Crippen LogP contribution in [0.2, 0.25) is 0 Å². The van der Waals surface area contributed by atoms with Crippen LogP contribution < -0.4 is 5.32 Å². The molecule has 2 aliphatic carbocycles. The summed E-state index contributed by atoms with van der Waals surface area (Å²) in [6.45, 7) is 0.0150. The number of carbonyl (C=O) groups is 1. The molecular weight excluding hydrogens is 386 g/mol. The maximum atomic E-state index is 13.9. The van der Waals surface area contributed by atoms with E-state index in [0.717, 1.165) is 29.7 Å². The van der Waals surface area contributed by atoms with Gasteiger partial charge in [-0.1, -0.05) is 6.07 Å². The Hall–Kier alpha value is -2.12. The second-order valence-corrected chi connectivity index (χ2v) is 8.57. The number of imidazole rings is 1. The average molecular weight is 411 g/mol. The summed E-state index contributed by atoms with van der Waals surface area (Å²) in [5, 5.41) is 2.32. The molecule has 0 atom stereocenters. The molecule has 4 nitrogen and oxygen atoms in total. The lowest BCUT2D eigenvalue weighted by atomic mass is 9.85. The third-order valence-electron chi connectivity index (χ3n) is 5.94. The molecule has 2 saturated carbocycles. The van der Waals surface area contributed by atoms with E-state index in [0.29, 0.717) is 24.8 Å². The molecule has 2 aliphatic rings. The highest BCUT2D eigenvalue weighted by Gasteiger charge is 2.43. The first kappa shape index (κ1) is 20.2. The van der Waals surface area contributed by atoms with Gasteiger partial charge in [0, 0.05) is 32.2 Å². The predicted molar refractivity (Wildman–Crippen MR) is 101 cm³/mol. The van der Waals surface area contributed by atoms with Crippen LogP contribution in [0.15, 0.2) is 18.2 Å². The summed E-state index contributed by atoms with van der Waals surface area (Å²) < 4.78 is 54.3. The number of aromatic amines is 1. The van der Waals surface area contributed by atoms with Crippen LogP contribution in [-0.4, -0.2) is 27.7 Å². The molecule has 8 heteroatoms. The molecule has 2 N–H and O–H groups in total. The molecule has 4 rings (SSSR count). The van der Waals surface area contributed by atoms with E-state index in [-0.39, 0.29) is 37.6 Å². The zero-order valence-electron chi connectivity index (χ0n) is 16.1. The van der Waals surface area contributed by atoms with Crippen molar-refractivity contribution in [2.45, 2.75) is 69.8 Å². The third-order valence-corrected chi connectivity index (χ3v) is 5.94. The van der Waals surface area contributed by atoms with Gasteiger partial charge in [0.1, 0.15) is 5.82 Å². The van der Waals surface area contributed by atoms with Crippen LogP contribution in [0.5, 0.6) is 0 Å². The number of H-pyrrole nitrogens is 1.